The fourth-order valence-corrected chi connectivity index (χ4v) is 3.19. The van der Waals surface area contributed by atoms with E-state index in [1.807, 2.05) is 17.0 Å². The van der Waals surface area contributed by atoms with Crippen LogP contribution in [0.3, 0.4) is 0 Å². The highest BCUT2D eigenvalue weighted by molar-refractivity contribution is 5.89. The molecule has 0 aromatic heterocycles. The van der Waals surface area contributed by atoms with E-state index in [2.05, 4.69) is 15.4 Å². The fraction of sp³-hybridized carbons (Fsp3) is 0.333. The van der Waals surface area contributed by atoms with Gasteiger partial charge in [-0.3, -0.25) is 4.79 Å². The molecule has 1 unspecified atom stereocenters. The molecular weight excluding hydrogens is 380 g/mol. The molecule has 0 spiro atoms. The standard InChI is InChI=1S/C21H23F2N3O3/c1-14(16-4-2-5-18(12-16)29-20(22)23)24-21(28)25-17-9-7-15(8-10-17)13-26-11-3-6-19(26)27/h2,4-5,7-10,12,14,20H,3,6,11,13H2,1H3,(H2,24,25,28). The molecule has 1 atom stereocenters. The third-order valence-electron chi connectivity index (χ3n) is 4.69. The summed E-state index contributed by atoms with van der Waals surface area (Å²) < 4.78 is 29.1. The Morgan fingerprint density at radius 2 is 1.97 bits per heavy atom. The van der Waals surface area contributed by atoms with Gasteiger partial charge >= 0.3 is 12.6 Å². The van der Waals surface area contributed by atoms with Crippen LogP contribution < -0.4 is 15.4 Å². The van der Waals surface area contributed by atoms with E-state index in [-0.39, 0.29) is 11.7 Å². The number of likely N-dealkylation sites (tertiary alicyclic amines) is 1. The van der Waals surface area contributed by atoms with E-state index in [0.29, 0.717) is 24.2 Å². The summed E-state index contributed by atoms with van der Waals surface area (Å²) in [6.07, 6.45) is 1.50. The topological polar surface area (TPSA) is 70.7 Å². The van der Waals surface area contributed by atoms with Gasteiger partial charge in [0.2, 0.25) is 5.91 Å². The smallest absolute Gasteiger partial charge is 0.387 e. The van der Waals surface area contributed by atoms with Crippen molar-refractivity contribution in [1.82, 2.24) is 10.2 Å². The summed E-state index contributed by atoms with van der Waals surface area (Å²) in [6.45, 7) is 0.197. The van der Waals surface area contributed by atoms with Crippen LogP contribution in [0.15, 0.2) is 48.5 Å². The van der Waals surface area contributed by atoms with Gasteiger partial charge in [-0.05, 0) is 48.7 Å². The zero-order valence-corrected chi connectivity index (χ0v) is 16.0. The van der Waals surface area contributed by atoms with E-state index in [0.717, 1.165) is 18.5 Å². The van der Waals surface area contributed by atoms with Crippen molar-refractivity contribution in [2.45, 2.75) is 39.0 Å². The quantitative estimate of drug-likeness (QED) is 0.724. The largest absolute Gasteiger partial charge is 0.435 e. The van der Waals surface area contributed by atoms with Crippen molar-refractivity contribution in [1.29, 1.82) is 0 Å². The second kappa shape index (κ2) is 9.36. The first-order chi connectivity index (χ1) is 13.9. The Labute approximate surface area is 167 Å². The lowest BCUT2D eigenvalue weighted by Gasteiger charge is -2.17. The van der Waals surface area contributed by atoms with Gasteiger partial charge in [0.15, 0.2) is 0 Å². The van der Waals surface area contributed by atoms with Gasteiger partial charge in [0.25, 0.3) is 0 Å². The fourth-order valence-electron chi connectivity index (χ4n) is 3.19. The molecule has 0 saturated carbocycles. The van der Waals surface area contributed by atoms with Crippen LogP contribution in [0.5, 0.6) is 5.75 Å². The van der Waals surface area contributed by atoms with Gasteiger partial charge in [0.05, 0.1) is 6.04 Å². The summed E-state index contributed by atoms with van der Waals surface area (Å²) in [5.41, 5.74) is 2.25. The number of hydrogen-bond acceptors (Lipinski definition) is 3. The van der Waals surface area contributed by atoms with E-state index in [4.69, 9.17) is 0 Å². The number of carbonyl (C=O) groups excluding carboxylic acids is 2. The first-order valence-corrected chi connectivity index (χ1v) is 9.40. The molecule has 3 amide bonds. The second-order valence-corrected chi connectivity index (χ2v) is 6.89. The van der Waals surface area contributed by atoms with E-state index >= 15 is 0 Å². The molecule has 0 radical (unpaired) electrons. The van der Waals surface area contributed by atoms with Crippen LogP contribution in [0.2, 0.25) is 0 Å². The van der Waals surface area contributed by atoms with Gasteiger partial charge in [-0.25, -0.2) is 4.79 Å². The third kappa shape index (κ3) is 5.91. The molecule has 0 bridgehead atoms. The summed E-state index contributed by atoms with van der Waals surface area (Å²) in [4.78, 5) is 25.8. The number of urea groups is 1. The number of ether oxygens (including phenoxy) is 1. The summed E-state index contributed by atoms with van der Waals surface area (Å²) in [7, 11) is 0. The number of amides is 3. The van der Waals surface area contributed by atoms with Gasteiger partial charge in [-0.2, -0.15) is 8.78 Å². The van der Waals surface area contributed by atoms with Crippen LogP contribution >= 0.6 is 0 Å². The lowest BCUT2D eigenvalue weighted by molar-refractivity contribution is -0.128. The lowest BCUT2D eigenvalue weighted by atomic mass is 10.1. The average molecular weight is 403 g/mol. The van der Waals surface area contributed by atoms with Gasteiger partial charge in [-0.1, -0.05) is 24.3 Å². The predicted octanol–water partition coefficient (Wildman–Crippen LogP) is 4.29. The Hall–Kier alpha value is -3.16. The highest BCUT2D eigenvalue weighted by Crippen LogP contribution is 2.21. The Morgan fingerprint density at radius 1 is 1.21 bits per heavy atom. The van der Waals surface area contributed by atoms with Crippen molar-refractivity contribution < 1.29 is 23.1 Å². The predicted molar refractivity (Wildman–Crippen MR) is 105 cm³/mol. The third-order valence-corrected chi connectivity index (χ3v) is 4.69. The minimum absolute atomic E-state index is 0.0404. The molecule has 2 aromatic carbocycles. The molecule has 1 heterocycles. The molecule has 1 aliphatic heterocycles. The molecule has 6 nitrogen and oxygen atoms in total. The van der Waals surface area contributed by atoms with Crippen LogP contribution in [0, 0.1) is 0 Å². The lowest BCUT2D eigenvalue weighted by Crippen LogP contribution is -2.31. The Bertz CT molecular complexity index is 859. The number of hydrogen-bond donors (Lipinski definition) is 2. The van der Waals surface area contributed by atoms with Gasteiger partial charge in [-0.15, -0.1) is 0 Å². The maximum atomic E-state index is 12.3. The van der Waals surface area contributed by atoms with Crippen LogP contribution in [-0.4, -0.2) is 30.0 Å². The molecule has 1 aliphatic rings. The summed E-state index contributed by atoms with van der Waals surface area (Å²) in [5.74, 6) is 0.210. The van der Waals surface area contributed by atoms with Crippen LogP contribution in [0.1, 0.15) is 36.9 Å². The number of nitrogens with zero attached hydrogens (tertiary/aromatic N) is 1. The first-order valence-electron chi connectivity index (χ1n) is 9.40. The Morgan fingerprint density at radius 3 is 2.62 bits per heavy atom. The molecule has 2 aromatic rings. The van der Waals surface area contributed by atoms with Crippen molar-refractivity contribution in [3.63, 3.8) is 0 Å². The SMILES string of the molecule is CC(NC(=O)Nc1ccc(CN2CCCC2=O)cc1)c1cccc(OC(F)F)c1. The van der Waals surface area contributed by atoms with E-state index < -0.39 is 18.7 Å². The number of anilines is 1. The van der Waals surface area contributed by atoms with Crippen LogP contribution in [-0.2, 0) is 11.3 Å². The number of alkyl halides is 2. The molecule has 0 aliphatic carbocycles. The highest BCUT2D eigenvalue weighted by atomic mass is 19.3. The van der Waals surface area contributed by atoms with E-state index in [1.54, 1.807) is 31.2 Å². The number of rotatable bonds is 7. The van der Waals surface area contributed by atoms with Crippen LogP contribution in [0.25, 0.3) is 0 Å². The normalized spacial score (nSPS) is 14.8. The number of benzene rings is 2. The van der Waals surface area contributed by atoms with Gasteiger partial charge in [0, 0.05) is 25.2 Å². The van der Waals surface area contributed by atoms with Crippen molar-refractivity contribution in [2.75, 3.05) is 11.9 Å². The summed E-state index contributed by atoms with van der Waals surface area (Å²) in [6, 6.07) is 12.7. The average Bonchev–Trinajstić information content (AvgIpc) is 3.07. The Kier molecular flexibility index (Phi) is 6.64. The van der Waals surface area contributed by atoms with Crippen LogP contribution in [0.4, 0.5) is 19.3 Å². The molecule has 154 valence electrons. The Balaban J connectivity index is 1.53. The van der Waals surface area contributed by atoms with E-state index in [9.17, 15) is 18.4 Å². The molecule has 1 fully saturated rings. The monoisotopic (exact) mass is 403 g/mol. The summed E-state index contributed by atoms with van der Waals surface area (Å²) in [5, 5.41) is 5.50. The number of halogens is 2. The second-order valence-electron chi connectivity index (χ2n) is 6.89. The highest BCUT2D eigenvalue weighted by Gasteiger charge is 2.20. The molecule has 2 N–H and O–H groups in total. The maximum absolute atomic E-state index is 12.3. The van der Waals surface area contributed by atoms with Gasteiger partial charge < -0.3 is 20.3 Å². The molecule has 3 rings (SSSR count). The zero-order valence-electron chi connectivity index (χ0n) is 16.0. The van der Waals surface area contributed by atoms with Crippen molar-refractivity contribution in [3.05, 3.63) is 59.7 Å². The molecule has 1 saturated heterocycles. The minimum atomic E-state index is -2.90. The minimum Gasteiger partial charge on any atom is -0.435 e. The van der Waals surface area contributed by atoms with Crippen molar-refractivity contribution in [3.8, 4) is 5.75 Å². The van der Waals surface area contributed by atoms with Gasteiger partial charge in [0.1, 0.15) is 5.75 Å². The summed E-state index contributed by atoms with van der Waals surface area (Å²) >= 11 is 0. The maximum Gasteiger partial charge on any atom is 0.387 e. The number of carbonyl (C=O) groups is 2. The number of nitrogens with one attached hydrogen (secondary N) is 2. The first kappa shape index (κ1) is 20.6. The molecule has 8 heteroatoms. The van der Waals surface area contributed by atoms with Crippen molar-refractivity contribution >= 4 is 17.6 Å². The van der Waals surface area contributed by atoms with E-state index in [1.165, 1.54) is 12.1 Å². The molecule has 29 heavy (non-hydrogen) atoms. The molecular formula is C21H23F2N3O3. The zero-order chi connectivity index (χ0) is 20.8. The van der Waals surface area contributed by atoms with Crippen molar-refractivity contribution in [2.24, 2.45) is 0 Å².